The molecule has 0 heterocycles. The molecule has 3 fully saturated rings. The predicted octanol–water partition coefficient (Wildman–Crippen LogP) is 2.36. The van der Waals surface area contributed by atoms with Crippen LogP contribution >= 0.6 is 0 Å². The molecule has 0 N–H and O–H groups in total. The number of carbonyl (C=O) groups excluding carboxylic acids is 2. The molecule has 3 aliphatic rings. The highest BCUT2D eigenvalue weighted by molar-refractivity contribution is 5.94. The van der Waals surface area contributed by atoms with Crippen molar-refractivity contribution in [3.8, 4) is 0 Å². The van der Waals surface area contributed by atoms with Gasteiger partial charge in [0.15, 0.2) is 0 Å². The first kappa shape index (κ1) is 9.56. The van der Waals surface area contributed by atoms with E-state index in [1.165, 1.54) is 0 Å². The average Bonchev–Trinajstić information content (AvgIpc) is 2.71. The lowest BCUT2D eigenvalue weighted by Gasteiger charge is -2.39. The van der Waals surface area contributed by atoms with Crippen LogP contribution in [0, 0.1) is 22.7 Å². The molecule has 0 bridgehead atoms. The minimum Gasteiger partial charge on any atom is -0.299 e. The van der Waals surface area contributed by atoms with Gasteiger partial charge in [-0.05, 0) is 23.7 Å². The molecule has 0 unspecified atom stereocenters. The second-order valence-electron chi connectivity index (χ2n) is 6.05. The lowest BCUT2D eigenvalue weighted by Crippen LogP contribution is -2.36. The number of hydrogen-bond donors (Lipinski definition) is 0. The number of hydrogen-bond acceptors (Lipinski definition) is 2. The molecule has 1 spiro atoms. The Hall–Kier alpha value is -0.660. The van der Waals surface area contributed by atoms with Gasteiger partial charge in [0.05, 0.1) is 0 Å². The number of rotatable bonds is 0. The fraction of sp³-hybridized carbons (Fsp3) is 0.846. The molecule has 3 saturated carbocycles. The summed E-state index contributed by atoms with van der Waals surface area (Å²) in [7, 11) is 0. The summed E-state index contributed by atoms with van der Waals surface area (Å²) in [5.41, 5.74) is 0.0584. The number of Topliss-reactive ketones (excluding diaryl/α,β-unsaturated/α-hetero) is 2. The predicted molar refractivity (Wildman–Crippen MR) is 56.3 cm³/mol. The summed E-state index contributed by atoms with van der Waals surface area (Å²) in [6.45, 7) is 4.24. The minimum absolute atomic E-state index is 0.00174. The van der Waals surface area contributed by atoms with Crippen LogP contribution in [0.4, 0.5) is 0 Å². The molecule has 3 aliphatic carbocycles. The van der Waals surface area contributed by atoms with Gasteiger partial charge in [0, 0.05) is 24.7 Å². The van der Waals surface area contributed by atoms with Crippen molar-refractivity contribution in [3.63, 3.8) is 0 Å². The third kappa shape index (κ3) is 0.834. The van der Waals surface area contributed by atoms with E-state index in [1.807, 2.05) is 0 Å². The average molecular weight is 206 g/mol. The van der Waals surface area contributed by atoms with Crippen molar-refractivity contribution in [2.45, 2.75) is 46.0 Å². The Bertz CT molecular complexity index is 356. The number of carbonyl (C=O) groups is 2. The number of ketones is 2. The highest BCUT2D eigenvalue weighted by Crippen LogP contribution is 2.70. The highest BCUT2D eigenvalue weighted by atomic mass is 16.1. The first-order valence-corrected chi connectivity index (χ1v) is 6.07. The summed E-state index contributed by atoms with van der Waals surface area (Å²) in [5.74, 6) is 1.18. The lowest BCUT2D eigenvalue weighted by molar-refractivity contribution is -0.125. The van der Waals surface area contributed by atoms with E-state index in [4.69, 9.17) is 0 Å². The van der Waals surface area contributed by atoms with Gasteiger partial charge in [-0.1, -0.05) is 20.3 Å². The molecule has 0 amide bonds. The Morgan fingerprint density at radius 1 is 1.20 bits per heavy atom. The zero-order chi connectivity index (χ0) is 10.8. The van der Waals surface area contributed by atoms with E-state index in [2.05, 4.69) is 13.8 Å². The van der Waals surface area contributed by atoms with Crippen LogP contribution in [0.1, 0.15) is 46.0 Å². The van der Waals surface area contributed by atoms with Crippen LogP contribution < -0.4 is 0 Å². The fourth-order valence-corrected chi connectivity index (χ4v) is 4.97. The normalized spacial score (nSPS) is 53.5. The maximum absolute atomic E-state index is 12.0. The lowest BCUT2D eigenvalue weighted by atomic mass is 9.63. The van der Waals surface area contributed by atoms with Crippen LogP contribution in [0.5, 0.6) is 0 Å². The maximum atomic E-state index is 12.0. The summed E-state index contributed by atoms with van der Waals surface area (Å²) >= 11 is 0. The van der Waals surface area contributed by atoms with E-state index in [0.717, 1.165) is 19.3 Å². The van der Waals surface area contributed by atoms with E-state index in [1.54, 1.807) is 0 Å². The molecule has 0 radical (unpaired) electrons. The highest BCUT2D eigenvalue weighted by Gasteiger charge is 2.70. The summed E-state index contributed by atoms with van der Waals surface area (Å²) in [6, 6.07) is 0. The van der Waals surface area contributed by atoms with Crippen molar-refractivity contribution < 1.29 is 9.59 Å². The van der Waals surface area contributed by atoms with Crippen LogP contribution in [0.2, 0.25) is 0 Å². The van der Waals surface area contributed by atoms with Gasteiger partial charge in [-0.3, -0.25) is 9.59 Å². The Labute approximate surface area is 90.4 Å². The summed E-state index contributed by atoms with van der Waals surface area (Å²) in [5, 5.41) is 0. The Balaban J connectivity index is 2.17. The Morgan fingerprint density at radius 3 is 2.60 bits per heavy atom. The molecule has 0 aromatic carbocycles. The van der Waals surface area contributed by atoms with E-state index in [-0.39, 0.29) is 22.7 Å². The van der Waals surface area contributed by atoms with Gasteiger partial charge in [0.25, 0.3) is 0 Å². The second kappa shape index (κ2) is 2.53. The summed E-state index contributed by atoms with van der Waals surface area (Å²) in [4.78, 5) is 23.9. The van der Waals surface area contributed by atoms with E-state index in [9.17, 15) is 9.59 Å². The zero-order valence-electron chi connectivity index (χ0n) is 9.51. The SMILES string of the molecule is C[C@H]1C(=O)C[C@@]2(C)CC(=O)[C@@H]3CCC[C@@]132. The molecule has 0 aromatic heterocycles. The molecule has 82 valence electrons. The molecule has 4 atom stereocenters. The van der Waals surface area contributed by atoms with Crippen LogP contribution in [0.25, 0.3) is 0 Å². The van der Waals surface area contributed by atoms with Gasteiger partial charge < -0.3 is 0 Å². The molecular formula is C13H18O2. The Kier molecular flexibility index (Phi) is 1.61. The minimum atomic E-state index is 0.00174. The third-order valence-electron chi connectivity index (χ3n) is 5.60. The largest absolute Gasteiger partial charge is 0.299 e. The van der Waals surface area contributed by atoms with E-state index in [0.29, 0.717) is 24.4 Å². The van der Waals surface area contributed by atoms with Gasteiger partial charge in [0.1, 0.15) is 11.6 Å². The molecule has 0 aromatic rings. The van der Waals surface area contributed by atoms with Gasteiger partial charge in [-0.15, -0.1) is 0 Å². The molecule has 0 saturated heterocycles. The second-order valence-corrected chi connectivity index (χ2v) is 6.05. The van der Waals surface area contributed by atoms with E-state index >= 15 is 0 Å². The molecule has 2 nitrogen and oxygen atoms in total. The van der Waals surface area contributed by atoms with E-state index < -0.39 is 0 Å². The van der Waals surface area contributed by atoms with Crippen molar-refractivity contribution in [1.29, 1.82) is 0 Å². The summed E-state index contributed by atoms with van der Waals surface area (Å²) in [6.07, 6.45) is 4.59. The first-order chi connectivity index (χ1) is 7.01. The third-order valence-corrected chi connectivity index (χ3v) is 5.60. The standard InChI is InChI=1S/C13H18O2/c1-8-10(14)6-12(2)7-11(15)9-4-3-5-13(8,9)12/h8-9H,3-7H2,1-2H3/t8-,9-,12-,13+/m0/s1. The van der Waals surface area contributed by atoms with Crippen LogP contribution in [-0.2, 0) is 9.59 Å². The van der Waals surface area contributed by atoms with Crippen LogP contribution in [0.3, 0.4) is 0 Å². The van der Waals surface area contributed by atoms with Crippen molar-refractivity contribution in [2.75, 3.05) is 0 Å². The topological polar surface area (TPSA) is 34.1 Å². The van der Waals surface area contributed by atoms with Crippen molar-refractivity contribution >= 4 is 11.6 Å². The molecule has 0 aliphatic heterocycles. The van der Waals surface area contributed by atoms with Crippen LogP contribution in [-0.4, -0.2) is 11.6 Å². The maximum Gasteiger partial charge on any atom is 0.137 e. The summed E-state index contributed by atoms with van der Waals surface area (Å²) < 4.78 is 0. The first-order valence-electron chi connectivity index (χ1n) is 6.07. The van der Waals surface area contributed by atoms with Crippen molar-refractivity contribution in [3.05, 3.63) is 0 Å². The quantitative estimate of drug-likeness (QED) is 0.609. The van der Waals surface area contributed by atoms with Gasteiger partial charge in [-0.2, -0.15) is 0 Å². The smallest absolute Gasteiger partial charge is 0.137 e. The fourth-order valence-electron chi connectivity index (χ4n) is 4.97. The van der Waals surface area contributed by atoms with Crippen molar-refractivity contribution in [2.24, 2.45) is 22.7 Å². The Morgan fingerprint density at radius 2 is 1.87 bits per heavy atom. The molecular weight excluding hydrogens is 188 g/mol. The monoisotopic (exact) mass is 206 g/mol. The molecule has 15 heavy (non-hydrogen) atoms. The van der Waals surface area contributed by atoms with Gasteiger partial charge >= 0.3 is 0 Å². The zero-order valence-corrected chi connectivity index (χ0v) is 9.51. The van der Waals surface area contributed by atoms with Gasteiger partial charge in [0.2, 0.25) is 0 Å². The molecule has 3 rings (SSSR count). The molecule has 2 heteroatoms. The van der Waals surface area contributed by atoms with Crippen molar-refractivity contribution in [1.82, 2.24) is 0 Å². The van der Waals surface area contributed by atoms with Gasteiger partial charge in [-0.25, -0.2) is 0 Å². The van der Waals surface area contributed by atoms with Crippen LogP contribution in [0.15, 0.2) is 0 Å².